The molecule has 8 aromatic carbocycles. The molecule has 1 aliphatic rings. The zero-order valence-electron chi connectivity index (χ0n) is 33.1. The minimum absolute atomic E-state index is 0.115. The number of nitrogens with one attached hydrogen (secondary N) is 1. The lowest BCUT2D eigenvalue weighted by Crippen LogP contribution is -2.17. The maximum absolute atomic E-state index is 9.06. The van der Waals surface area contributed by atoms with E-state index in [4.69, 9.17) is 25.0 Å². The van der Waals surface area contributed by atoms with Gasteiger partial charge < -0.3 is 14.6 Å². The molecule has 0 atom stereocenters. The van der Waals surface area contributed by atoms with Crippen molar-refractivity contribution < 1.29 is 8.83 Å². The monoisotopic (exact) mass is 763 g/mol. The van der Waals surface area contributed by atoms with Crippen LogP contribution in [0.3, 0.4) is 0 Å². The minimum atomic E-state index is -0.175. The molecule has 11 rings (SSSR count). The average Bonchev–Trinajstić information content (AvgIpc) is 3.91. The fourth-order valence-electron chi connectivity index (χ4n) is 8.72. The van der Waals surface area contributed by atoms with E-state index in [1.54, 1.807) is 0 Å². The van der Waals surface area contributed by atoms with Crippen molar-refractivity contribution in [2.75, 3.05) is 0 Å². The standard InChI is InChI=1S/C47H33N3O2.C7H8/c1-47(2)37-16-8-6-13-31(37)32-21-19-29(25-38(32)47)45(48)50-46(49)34-15-10-18-41-44(34)36-23-28(20-22-40(36)51-41)35-24-30(27-11-4-3-5-12-27)26-42-43(35)33-14-7-9-17-39(33)52-42;1-7-5-3-2-4-6-7/h3-26H,1-2H3,(H3,48,49,50);2-6H,1H3. The van der Waals surface area contributed by atoms with Crippen molar-refractivity contribution in [3.05, 3.63) is 204 Å². The van der Waals surface area contributed by atoms with E-state index in [2.05, 4.69) is 124 Å². The summed E-state index contributed by atoms with van der Waals surface area (Å²) in [5.74, 6) is 0.380. The molecule has 0 saturated carbocycles. The van der Waals surface area contributed by atoms with E-state index in [-0.39, 0.29) is 17.1 Å². The Labute approximate surface area is 342 Å². The molecular formula is C54H41N3O2. The maximum atomic E-state index is 9.06. The summed E-state index contributed by atoms with van der Waals surface area (Å²) in [6.45, 7) is 6.55. The molecule has 5 nitrogen and oxygen atoms in total. The van der Waals surface area contributed by atoms with Gasteiger partial charge in [-0.15, -0.1) is 0 Å². The fraction of sp³-hybridized carbons (Fsp3) is 0.0741. The Hall–Kier alpha value is -7.50. The van der Waals surface area contributed by atoms with Gasteiger partial charge in [-0.2, -0.15) is 0 Å². The second kappa shape index (κ2) is 14.2. The molecule has 0 radical (unpaired) electrons. The molecule has 5 heteroatoms. The number of hydrogen-bond acceptors (Lipinski definition) is 3. The van der Waals surface area contributed by atoms with Crippen LogP contribution in [0.1, 0.15) is 41.7 Å². The lowest BCUT2D eigenvalue weighted by molar-refractivity contribution is 0.660. The summed E-state index contributed by atoms with van der Waals surface area (Å²) < 4.78 is 12.8. The maximum Gasteiger partial charge on any atom is 0.154 e. The van der Waals surface area contributed by atoms with E-state index in [1.807, 2.05) is 72.8 Å². The van der Waals surface area contributed by atoms with Crippen LogP contribution in [-0.4, -0.2) is 11.7 Å². The minimum Gasteiger partial charge on any atom is -0.456 e. The van der Waals surface area contributed by atoms with E-state index < -0.39 is 0 Å². The van der Waals surface area contributed by atoms with E-state index in [0.717, 1.165) is 71.7 Å². The molecule has 59 heavy (non-hydrogen) atoms. The molecule has 0 amide bonds. The predicted octanol–water partition coefficient (Wildman–Crippen LogP) is 13.9. The van der Waals surface area contributed by atoms with Crippen LogP contribution in [0, 0.1) is 12.3 Å². The van der Waals surface area contributed by atoms with Gasteiger partial charge in [-0.05, 0) is 93.9 Å². The molecule has 0 spiro atoms. The lowest BCUT2D eigenvalue weighted by Gasteiger charge is -2.21. The molecule has 10 aromatic rings. The van der Waals surface area contributed by atoms with Gasteiger partial charge >= 0.3 is 0 Å². The van der Waals surface area contributed by atoms with Crippen LogP contribution in [0.2, 0.25) is 0 Å². The normalized spacial score (nSPS) is 13.0. The topological polar surface area (TPSA) is 88.5 Å². The average molecular weight is 764 g/mol. The van der Waals surface area contributed by atoms with Crippen LogP contribution in [0.5, 0.6) is 0 Å². The Bertz CT molecular complexity index is 3280. The highest BCUT2D eigenvalue weighted by atomic mass is 16.3. The van der Waals surface area contributed by atoms with Crippen LogP contribution in [0.4, 0.5) is 0 Å². The number of para-hydroxylation sites is 1. The van der Waals surface area contributed by atoms with Gasteiger partial charge in [0.15, 0.2) is 5.84 Å². The van der Waals surface area contributed by atoms with Crippen LogP contribution in [0.25, 0.3) is 77.3 Å². The van der Waals surface area contributed by atoms with Gasteiger partial charge in [0.25, 0.3) is 0 Å². The third kappa shape index (κ3) is 6.19. The number of benzene rings is 8. The number of hydrogen-bond donors (Lipinski definition) is 2. The summed E-state index contributed by atoms with van der Waals surface area (Å²) in [5.41, 5.74) is 21.8. The largest absolute Gasteiger partial charge is 0.456 e. The summed E-state index contributed by atoms with van der Waals surface area (Å²) in [6.07, 6.45) is 0. The Morgan fingerprint density at radius 2 is 1.19 bits per heavy atom. The SMILES string of the molecule is CC1(C)c2ccccc2-c2ccc(C(=N)N=C(N)c3cccc4oc5ccc(-c6cc(-c7ccccc7)cc7oc8ccccc8c67)cc5c34)cc21.Cc1ccccc1. The van der Waals surface area contributed by atoms with Gasteiger partial charge in [0, 0.05) is 38.1 Å². The van der Waals surface area contributed by atoms with E-state index in [1.165, 1.54) is 27.8 Å². The van der Waals surface area contributed by atoms with Crippen molar-refractivity contribution in [3.8, 4) is 33.4 Å². The number of fused-ring (bicyclic) bond motifs is 9. The number of rotatable bonds is 4. The van der Waals surface area contributed by atoms with Gasteiger partial charge in [0.2, 0.25) is 0 Å². The van der Waals surface area contributed by atoms with Crippen molar-refractivity contribution in [2.24, 2.45) is 10.7 Å². The molecule has 0 unspecified atom stereocenters. The zero-order valence-corrected chi connectivity index (χ0v) is 33.1. The molecule has 0 aliphatic heterocycles. The molecule has 0 fully saturated rings. The Kier molecular flexibility index (Phi) is 8.61. The van der Waals surface area contributed by atoms with Gasteiger partial charge in [-0.3, -0.25) is 5.41 Å². The van der Waals surface area contributed by atoms with Gasteiger partial charge in [0.1, 0.15) is 28.2 Å². The predicted molar refractivity (Wildman–Crippen MR) is 245 cm³/mol. The quantitative estimate of drug-likeness (QED) is 0.138. The Balaban J connectivity index is 0.000000547. The highest BCUT2D eigenvalue weighted by Gasteiger charge is 2.35. The van der Waals surface area contributed by atoms with E-state index >= 15 is 0 Å². The second-order valence-electron chi connectivity index (χ2n) is 15.8. The fourth-order valence-corrected chi connectivity index (χ4v) is 8.72. The van der Waals surface area contributed by atoms with Gasteiger partial charge in [-0.25, -0.2) is 4.99 Å². The Morgan fingerprint density at radius 3 is 1.98 bits per heavy atom. The van der Waals surface area contributed by atoms with E-state index in [9.17, 15) is 0 Å². The molecule has 3 N–H and O–H groups in total. The molecule has 2 heterocycles. The molecule has 1 aliphatic carbocycles. The molecule has 284 valence electrons. The third-order valence-corrected chi connectivity index (χ3v) is 11.7. The highest BCUT2D eigenvalue weighted by Crippen LogP contribution is 2.49. The summed E-state index contributed by atoms with van der Waals surface area (Å²) in [4.78, 5) is 4.69. The number of nitrogens with zero attached hydrogens (tertiary/aromatic N) is 1. The first-order valence-electron chi connectivity index (χ1n) is 19.9. The van der Waals surface area contributed by atoms with Crippen molar-refractivity contribution >= 4 is 55.5 Å². The van der Waals surface area contributed by atoms with Gasteiger partial charge in [0.05, 0.1) is 0 Å². The molecule has 0 saturated heterocycles. The van der Waals surface area contributed by atoms with Crippen molar-refractivity contribution in [3.63, 3.8) is 0 Å². The zero-order chi connectivity index (χ0) is 40.3. The van der Waals surface area contributed by atoms with E-state index in [0.29, 0.717) is 5.58 Å². The smallest absolute Gasteiger partial charge is 0.154 e. The van der Waals surface area contributed by atoms with Crippen molar-refractivity contribution in [2.45, 2.75) is 26.2 Å². The molecule has 0 bridgehead atoms. The summed E-state index contributed by atoms with van der Waals surface area (Å²) >= 11 is 0. The molecule has 2 aromatic heterocycles. The second-order valence-corrected chi connectivity index (χ2v) is 15.8. The lowest BCUT2D eigenvalue weighted by atomic mass is 9.82. The third-order valence-electron chi connectivity index (χ3n) is 11.7. The summed E-state index contributed by atoms with van der Waals surface area (Å²) in [7, 11) is 0. The number of nitrogens with two attached hydrogens (primary N) is 1. The first-order chi connectivity index (χ1) is 28.7. The van der Waals surface area contributed by atoms with Crippen LogP contribution < -0.4 is 5.73 Å². The number of aliphatic imine (C=N–C) groups is 1. The van der Waals surface area contributed by atoms with Crippen molar-refractivity contribution in [1.82, 2.24) is 0 Å². The van der Waals surface area contributed by atoms with Crippen LogP contribution >= 0.6 is 0 Å². The van der Waals surface area contributed by atoms with Crippen LogP contribution in [0.15, 0.2) is 190 Å². The Morgan fingerprint density at radius 1 is 0.508 bits per heavy atom. The number of furan rings is 2. The van der Waals surface area contributed by atoms with Gasteiger partial charge in [-0.1, -0.05) is 153 Å². The first-order valence-corrected chi connectivity index (χ1v) is 19.9. The number of amidine groups is 2. The first kappa shape index (κ1) is 35.9. The summed E-state index contributed by atoms with van der Waals surface area (Å²) in [6, 6.07) is 60.0. The number of aryl methyl sites for hydroxylation is 1. The molecular weight excluding hydrogens is 723 g/mol. The summed E-state index contributed by atoms with van der Waals surface area (Å²) in [5, 5.41) is 13.0. The van der Waals surface area contributed by atoms with Crippen LogP contribution in [-0.2, 0) is 5.41 Å². The van der Waals surface area contributed by atoms with Crippen molar-refractivity contribution in [1.29, 1.82) is 5.41 Å². The highest BCUT2D eigenvalue weighted by molar-refractivity contribution is 6.21.